The molecule has 0 bridgehead atoms. The maximum Gasteiger partial charge on any atom is 0.318 e. The van der Waals surface area contributed by atoms with Crippen LogP contribution in [0, 0.1) is 5.92 Å². The van der Waals surface area contributed by atoms with E-state index in [1.807, 2.05) is 23.3 Å². The predicted molar refractivity (Wildman–Crippen MR) is 85.6 cm³/mol. The van der Waals surface area contributed by atoms with Gasteiger partial charge in [-0.1, -0.05) is 38.2 Å². The van der Waals surface area contributed by atoms with E-state index in [0.717, 1.165) is 13.0 Å². The molecule has 2 N–H and O–H groups in total. The lowest BCUT2D eigenvalue weighted by atomic mass is 10.0. The van der Waals surface area contributed by atoms with Crippen LogP contribution in [-0.2, 0) is 0 Å². The quantitative estimate of drug-likeness (QED) is 0.681. The van der Waals surface area contributed by atoms with Crippen LogP contribution in [0.4, 0.5) is 4.79 Å². The molecular weight excluding hydrogens is 270 g/mol. The third-order valence-corrected chi connectivity index (χ3v) is 4.08. The monoisotopic (exact) mass is 293 g/mol. The van der Waals surface area contributed by atoms with Crippen LogP contribution in [0.3, 0.4) is 0 Å². The van der Waals surface area contributed by atoms with Crippen molar-refractivity contribution in [2.75, 3.05) is 13.1 Å². The SMILES string of the molecule is CC(C)C(CN/C=C1/C=CC=CC1)N1C(=O)NCC1S. The zero-order chi connectivity index (χ0) is 14.5. The Labute approximate surface area is 126 Å². The Balaban J connectivity index is 1.94. The number of hydrogen-bond donors (Lipinski definition) is 3. The van der Waals surface area contributed by atoms with Crippen LogP contribution in [-0.4, -0.2) is 35.4 Å². The summed E-state index contributed by atoms with van der Waals surface area (Å²) in [7, 11) is 0. The molecule has 2 aliphatic rings. The van der Waals surface area contributed by atoms with Gasteiger partial charge in [0.2, 0.25) is 0 Å². The van der Waals surface area contributed by atoms with E-state index in [2.05, 4.69) is 49.3 Å². The molecule has 0 saturated carbocycles. The molecule has 0 aromatic rings. The lowest BCUT2D eigenvalue weighted by molar-refractivity contribution is 0.173. The Hall–Kier alpha value is -1.36. The van der Waals surface area contributed by atoms with E-state index in [0.29, 0.717) is 12.5 Å². The minimum absolute atomic E-state index is 0.0151. The van der Waals surface area contributed by atoms with Gasteiger partial charge in [-0.15, -0.1) is 0 Å². The molecule has 4 nitrogen and oxygen atoms in total. The van der Waals surface area contributed by atoms with Crippen LogP contribution in [0.2, 0.25) is 0 Å². The molecule has 1 saturated heterocycles. The number of allylic oxidation sites excluding steroid dienone is 5. The van der Waals surface area contributed by atoms with E-state index >= 15 is 0 Å². The molecule has 2 amide bonds. The molecule has 1 heterocycles. The van der Waals surface area contributed by atoms with Gasteiger partial charge in [0.15, 0.2) is 0 Å². The number of amides is 2. The molecule has 110 valence electrons. The number of hydrogen-bond acceptors (Lipinski definition) is 3. The maximum atomic E-state index is 11.9. The van der Waals surface area contributed by atoms with Crippen molar-refractivity contribution in [2.24, 2.45) is 5.92 Å². The summed E-state index contributed by atoms with van der Waals surface area (Å²) in [6.45, 7) is 5.62. The van der Waals surface area contributed by atoms with Crippen molar-refractivity contribution in [1.29, 1.82) is 0 Å². The summed E-state index contributed by atoms with van der Waals surface area (Å²) in [6, 6.07) is 0.124. The zero-order valence-corrected chi connectivity index (χ0v) is 12.9. The fraction of sp³-hybridized carbons (Fsp3) is 0.533. The molecule has 0 aromatic heterocycles. The fourth-order valence-electron chi connectivity index (χ4n) is 2.48. The van der Waals surface area contributed by atoms with Gasteiger partial charge in [-0.25, -0.2) is 4.79 Å². The second kappa shape index (κ2) is 6.88. The molecule has 1 aliphatic heterocycles. The van der Waals surface area contributed by atoms with Crippen LogP contribution in [0.1, 0.15) is 20.3 Å². The number of nitrogens with one attached hydrogen (secondary N) is 2. The van der Waals surface area contributed by atoms with E-state index in [1.54, 1.807) is 0 Å². The van der Waals surface area contributed by atoms with Gasteiger partial charge in [-0.3, -0.25) is 0 Å². The summed E-state index contributed by atoms with van der Waals surface area (Å²) in [5, 5.41) is 6.15. The molecule has 2 unspecified atom stereocenters. The predicted octanol–water partition coefficient (Wildman–Crippen LogP) is 2.28. The zero-order valence-electron chi connectivity index (χ0n) is 12.0. The molecule has 20 heavy (non-hydrogen) atoms. The summed E-state index contributed by atoms with van der Waals surface area (Å²) >= 11 is 4.48. The maximum absolute atomic E-state index is 11.9. The van der Waals surface area contributed by atoms with E-state index in [-0.39, 0.29) is 17.4 Å². The Morgan fingerprint density at radius 3 is 2.90 bits per heavy atom. The third-order valence-electron chi connectivity index (χ3n) is 3.64. The number of nitrogens with zero attached hydrogens (tertiary/aromatic N) is 1. The van der Waals surface area contributed by atoms with Crippen LogP contribution < -0.4 is 10.6 Å². The van der Waals surface area contributed by atoms with Gasteiger partial charge in [0.05, 0.1) is 11.4 Å². The van der Waals surface area contributed by atoms with E-state index in [1.165, 1.54) is 5.57 Å². The smallest absolute Gasteiger partial charge is 0.318 e. The second-order valence-corrected chi connectivity index (χ2v) is 6.10. The summed E-state index contributed by atoms with van der Waals surface area (Å²) in [5.41, 5.74) is 1.25. The molecule has 1 aliphatic carbocycles. The Kier molecular flexibility index (Phi) is 5.17. The van der Waals surface area contributed by atoms with Crippen molar-refractivity contribution >= 4 is 18.7 Å². The molecule has 0 spiro atoms. The number of carbonyl (C=O) groups is 1. The van der Waals surface area contributed by atoms with Crippen LogP contribution in [0.25, 0.3) is 0 Å². The minimum atomic E-state index is -0.0399. The normalized spacial score (nSPS) is 25.4. The van der Waals surface area contributed by atoms with Crippen molar-refractivity contribution < 1.29 is 4.79 Å². The first kappa shape index (κ1) is 15.0. The fourth-order valence-corrected chi connectivity index (χ4v) is 2.85. The van der Waals surface area contributed by atoms with Gasteiger partial charge in [0.1, 0.15) is 0 Å². The van der Waals surface area contributed by atoms with Gasteiger partial charge in [0, 0.05) is 19.3 Å². The third kappa shape index (κ3) is 3.60. The Morgan fingerprint density at radius 2 is 2.35 bits per heavy atom. The lowest BCUT2D eigenvalue weighted by Gasteiger charge is -2.32. The van der Waals surface area contributed by atoms with Crippen molar-refractivity contribution in [3.63, 3.8) is 0 Å². The minimum Gasteiger partial charge on any atom is -0.389 e. The summed E-state index contributed by atoms with van der Waals surface area (Å²) in [6.07, 6.45) is 11.3. The molecule has 5 heteroatoms. The highest BCUT2D eigenvalue weighted by Gasteiger charge is 2.35. The average Bonchev–Trinajstić information content (AvgIpc) is 2.76. The first-order chi connectivity index (χ1) is 9.59. The largest absolute Gasteiger partial charge is 0.389 e. The highest BCUT2D eigenvalue weighted by molar-refractivity contribution is 7.81. The van der Waals surface area contributed by atoms with E-state index < -0.39 is 0 Å². The highest BCUT2D eigenvalue weighted by Crippen LogP contribution is 2.20. The molecule has 0 radical (unpaired) electrons. The second-order valence-electron chi connectivity index (χ2n) is 5.50. The lowest BCUT2D eigenvalue weighted by Crippen LogP contribution is -2.48. The van der Waals surface area contributed by atoms with Crippen molar-refractivity contribution in [3.8, 4) is 0 Å². The van der Waals surface area contributed by atoms with Gasteiger partial charge in [-0.2, -0.15) is 12.6 Å². The van der Waals surface area contributed by atoms with Crippen molar-refractivity contribution in [2.45, 2.75) is 31.7 Å². The molecule has 2 atom stereocenters. The number of rotatable bonds is 5. The van der Waals surface area contributed by atoms with Crippen molar-refractivity contribution in [3.05, 3.63) is 36.1 Å². The summed E-state index contributed by atoms with van der Waals surface area (Å²) in [4.78, 5) is 13.7. The van der Waals surface area contributed by atoms with Crippen molar-refractivity contribution in [1.82, 2.24) is 15.5 Å². The molecule has 0 aromatic carbocycles. The van der Waals surface area contributed by atoms with E-state index in [4.69, 9.17) is 0 Å². The van der Waals surface area contributed by atoms with Gasteiger partial charge < -0.3 is 15.5 Å². The first-order valence-corrected chi connectivity index (χ1v) is 7.61. The topological polar surface area (TPSA) is 44.4 Å². The van der Waals surface area contributed by atoms with Gasteiger partial charge in [-0.05, 0) is 17.9 Å². The molecular formula is C15H23N3OS. The highest BCUT2D eigenvalue weighted by atomic mass is 32.1. The molecule has 1 fully saturated rings. The number of thiol groups is 1. The average molecular weight is 293 g/mol. The van der Waals surface area contributed by atoms with Crippen LogP contribution >= 0.6 is 12.6 Å². The number of carbonyl (C=O) groups excluding carboxylic acids is 1. The summed E-state index contributed by atoms with van der Waals surface area (Å²) in [5.74, 6) is 0.376. The van der Waals surface area contributed by atoms with Gasteiger partial charge >= 0.3 is 6.03 Å². The summed E-state index contributed by atoms with van der Waals surface area (Å²) < 4.78 is 0. The Bertz CT molecular complexity index is 442. The van der Waals surface area contributed by atoms with Gasteiger partial charge in [0.25, 0.3) is 0 Å². The number of urea groups is 1. The first-order valence-electron chi connectivity index (χ1n) is 7.09. The van der Waals surface area contributed by atoms with Crippen LogP contribution in [0.5, 0.6) is 0 Å². The Morgan fingerprint density at radius 1 is 1.55 bits per heavy atom. The molecule has 2 rings (SSSR count). The van der Waals surface area contributed by atoms with E-state index in [9.17, 15) is 4.79 Å². The van der Waals surface area contributed by atoms with Crippen LogP contribution in [0.15, 0.2) is 36.1 Å². The standard InChI is InChI=1S/C15H23N3OS/c1-11(2)13(18-14(20)10-17-15(18)19)9-16-8-12-6-4-3-5-7-12/h3-6,8,11,13-14,16,20H,7,9-10H2,1-2H3,(H,17,19)/b12-8-.